The Bertz CT molecular complexity index is 376. The van der Waals surface area contributed by atoms with Crippen molar-refractivity contribution in [1.82, 2.24) is 4.90 Å². The van der Waals surface area contributed by atoms with Crippen molar-refractivity contribution in [2.45, 2.75) is 32.6 Å². The average Bonchev–Trinajstić information content (AvgIpc) is 2.42. The van der Waals surface area contributed by atoms with E-state index in [9.17, 15) is 4.79 Å². The quantitative estimate of drug-likeness (QED) is 0.704. The molecule has 0 heterocycles. The van der Waals surface area contributed by atoms with Crippen LogP contribution < -0.4 is 5.73 Å². The molecule has 106 valence electrons. The van der Waals surface area contributed by atoms with Crippen LogP contribution in [-0.4, -0.2) is 35.6 Å². The van der Waals surface area contributed by atoms with Crippen molar-refractivity contribution in [3.05, 3.63) is 29.8 Å². The van der Waals surface area contributed by atoms with Crippen LogP contribution in [-0.2, 0) is 11.2 Å². The van der Waals surface area contributed by atoms with Gasteiger partial charge in [0, 0.05) is 25.2 Å². The van der Waals surface area contributed by atoms with Crippen LogP contribution in [0.25, 0.3) is 0 Å². The highest BCUT2D eigenvalue weighted by Gasteiger charge is 2.12. The third kappa shape index (κ3) is 5.75. The standard InChI is InChI=1S/C15H24N2O2/c1-2-3-10-17(11-12-18)15(19)9-6-13-4-7-14(16)8-5-13/h4-5,7-8,18H,2-3,6,9-12,16H2,1H3. The molecule has 3 N–H and O–H groups in total. The molecule has 0 aliphatic rings. The summed E-state index contributed by atoms with van der Waals surface area (Å²) in [4.78, 5) is 13.8. The molecule has 0 spiro atoms. The molecule has 0 aromatic heterocycles. The summed E-state index contributed by atoms with van der Waals surface area (Å²) in [6.07, 6.45) is 3.22. The molecule has 1 aromatic rings. The van der Waals surface area contributed by atoms with Crippen molar-refractivity contribution in [2.24, 2.45) is 0 Å². The van der Waals surface area contributed by atoms with E-state index in [1.54, 1.807) is 4.90 Å². The maximum Gasteiger partial charge on any atom is 0.222 e. The molecule has 4 heteroatoms. The van der Waals surface area contributed by atoms with Crippen molar-refractivity contribution in [2.75, 3.05) is 25.4 Å². The fourth-order valence-corrected chi connectivity index (χ4v) is 1.92. The molecule has 0 fully saturated rings. The lowest BCUT2D eigenvalue weighted by Crippen LogP contribution is -2.34. The van der Waals surface area contributed by atoms with E-state index in [4.69, 9.17) is 10.8 Å². The number of aryl methyl sites for hydroxylation is 1. The van der Waals surface area contributed by atoms with Gasteiger partial charge in [0.15, 0.2) is 0 Å². The van der Waals surface area contributed by atoms with Crippen molar-refractivity contribution in [1.29, 1.82) is 0 Å². The predicted molar refractivity (Wildman–Crippen MR) is 77.7 cm³/mol. The van der Waals surface area contributed by atoms with Gasteiger partial charge in [-0.2, -0.15) is 0 Å². The van der Waals surface area contributed by atoms with E-state index in [0.717, 1.165) is 30.6 Å². The SMILES string of the molecule is CCCCN(CCO)C(=O)CCc1ccc(N)cc1. The minimum atomic E-state index is 0.0251. The van der Waals surface area contributed by atoms with Crippen LogP contribution in [0.1, 0.15) is 31.7 Å². The third-order valence-corrected chi connectivity index (χ3v) is 3.11. The first-order valence-corrected chi connectivity index (χ1v) is 6.90. The zero-order valence-electron chi connectivity index (χ0n) is 11.6. The Morgan fingerprint density at radius 2 is 1.95 bits per heavy atom. The molecular formula is C15H24N2O2. The summed E-state index contributed by atoms with van der Waals surface area (Å²) in [5.74, 6) is 0.110. The summed E-state index contributed by atoms with van der Waals surface area (Å²) >= 11 is 0. The lowest BCUT2D eigenvalue weighted by Gasteiger charge is -2.21. The number of carbonyl (C=O) groups is 1. The molecule has 0 saturated heterocycles. The number of nitrogens with two attached hydrogens (primary N) is 1. The van der Waals surface area contributed by atoms with E-state index in [1.807, 2.05) is 24.3 Å². The summed E-state index contributed by atoms with van der Waals surface area (Å²) in [5, 5.41) is 8.99. The number of aliphatic hydroxyl groups is 1. The van der Waals surface area contributed by atoms with Crippen LogP contribution >= 0.6 is 0 Å². The second-order valence-corrected chi connectivity index (χ2v) is 4.70. The maximum absolute atomic E-state index is 12.1. The Balaban J connectivity index is 2.44. The van der Waals surface area contributed by atoms with Gasteiger partial charge in [-0.05, 0) is 30.5 Å². The van der Waals surface area contributed by atoms with E-state index in [1.165, 1.54) is 0 Å². The van der Waals surface area contributed by atoms with Crippen LogP contribution in [0.3, 0.4) is 0 Å². The Kier molecular flexibility index (Phi) is 6.97. The number of unbranched alkanes of at least 4 members (excludes halogenated alkanes) is 1. The average molecular weight is 264 g/mol. The third-order valence-electron chi connectivity index (χ3n) is 3.11. The molecular weight excluding hydrogens is 240 g/mol. The molecule has 1 amide bonds. The molecule has 0 unspecified atom stereocenters. The Hall–Kier alpha value is -1.55. The van der Waals surface area contributed by atoms with Crippen molar-refractivity contribution in [3.8, 4) is 0 Å². The minimum absolute atomic E-state index is 0.0251. The van der Waals surface area contributed by atoms with Gasteiger partial charge in [-0.25, -0.2) is 0 Å². The van der Waals surface area contributed by atoms with Gasteiger partial charge in [0.1, 0.15) is 0 Å². The molecule has 4 nitrogen and oxygen atoms in total. The van der Waals surface area contributed by atoms with Gasteiger partial charge < -0.3 is 15.7 Å². The molecule has 0 aliphatic heterocycles. The summed E-state index contributed by atoms with van der Waals surface area (Å²) in [6.45, 7) is 3.28. The van der Waals surface area contributed by atoms with E-state index < -0.39 is 0 Å². The molecule has 1 aromatic carbocycles. The van der Waals surface area contributed by atoms with E-state index in [0.29, 0.717) is 19.4 Å². The van der Waals surface area contributed by atoms with Crippen molar-refractivity contribution >= 4 is 11.6 Å². The Labute approximate surface area is 115 Å². The molecule has 19 heavy (non-hydrogen) atoms. The monoisotopic (exact) mass is 264 g/mol. The van der Waals surface area contributed by atoms with Crippen molar-refractivity contribution in [3.63, 3.8) is 0 Å². The van der Waals surface area contributed by atoms with Gasteiger partial charge in [0.05, 0.1) is 6.61 Å². The van der Waals surface area contributed by atoms with Gasteiger partial charge in [0.25, 0.3) is 0 Å². The first-order chi connectivity index (χ1) is 9.17. The normalized spacial score (nSPS) is 10.4. The molecule has 0 saturated carbocycles. The van der Waals surface area contributed by atoms with Gasteiger partial charge >= 0.3 is 0 Å². The number of anilines is 1. The number of nitrogen functional groups attached to an aromatic ring is 1. The van der Waals surface area contributed by atoms with Crippen LogP contribution in [0.4, 0.5) is 5.69 Å². The van der Waals surface area contributed by atoms with E-state index >= 15 is 0 Å². The number of benzene rings is 1. The van der Waals surface area contributed by atoms with Gasteiger partial charge in [-0.15, -0.1) is 0 Å². The number of rotatable bonds is 8. The highest BCUT2D eigenvalue weighted by Crippen LogP contribution is 2.09. The fraction of sp³-hybridized carbons (Fsp3) is 0.533. The Morgan fingerprint density at radius 3 is 2.53 bits per heavy atom. The summed E-state index contributed by atoms with van der Waals surface area (Å²) in [5.41, 5.74) is 7.47. The first-order valence-electron chi connectivity index (χ1n) is 6.90. The zero-order chi connectivity index (χ0) is 14.1. The lowest BCUT2D eigenvalue weighted by atomic mass is 10.1. The number of carbonyl (C=O) groups excluding carboxylic acids is 1. The topological polar surface area (TPSA) is 66.6 Å². The molecule has 0 atom stereocenters. The van der Waals surface area contributed by atoms with Crippen LogP contribution in [0, 0.1) is 0 Å². The lowest BCUT2D eigenvalue weighted by molar-refractivity contribution is -0.131. The summed E-state index contributed by atoms with van der Waals surface area (Å²) in [6, 6.07) is 7.60. The molecule has 0 aliphatic carbocycles. The number of amides is 1. The van der Waals surface area contributed by atoms with Gasteiger partial charge in [-0.3, -0.25) is 4.79 Å². The Morgan fingerprint density at radius 1 is 1.26 bits per heavy atom. The van der Waals surface area contributed by atoms with E-state index in [-0.39, 0.29) is 12.5 Å². The van der Waals surface area contributed by atoms with Crippen LogP contribution in [0.2, 0.25) is 0 Å². The highest BCUT2D eigenvalue weighted by molar-refractivity contribution is 5.76. The number of nitrogens with zero attached hydrogens (tertiary/aromatic N) is 1. The van der Waals surface area contributed by atoms with Crippen LogP contribution in [0.15, 0.2) is 24.3 Å². The van der Waals surface area contributed by atoms with Gasteiger partial charge in [-0.1, -0.05) is 25.5 Å². The molecule has 1 rings (SSSR count). The molecule has 0 radical (unpaired) electrons. The number of hydrogen-bond donors (Lipinski definition) is 2. The minimum Gasteiger partial charge on any atom is -0.399 e. The number of aliphatic hydroxyl groups excluding tert-OH is 1. The first kappa shape index (κ1) is 15.5. The largest absolute Gasteiger partial charge is 0.399 e. The molecule has 0 bridgehead atoms. The number of hydrogen-bond acceptors (Lipinski definition) is 3. The summed E-state index contributed by atoms with van der Waals surface area (Å²) in [7, 11) is 0. The van der Waals surface area contributed by atoms with Crippen molar-refractivity contribution < 1.29 is 9.90 Å². The van der Waals surface area contributed by atoms with E-state index in [2.05, 4.69) is 6.92 Å². The predicted octanol–water partition coefficient (Wildman–Crippen LogP) is 1.82. The highest BCUT2D eigenvalue weighted by atomic mass is 16.3. The van der Waals surface area contributed by atoms with Gasteiger partial charge in [0.2, 0.25) is 5.91 Å². The smallest absolute Gasteiger partial charge is 0.222 e. The summed E-state index contributed by atoms with van der Waals surface area (Å²) < 4.78 is 0. The van der Waals surface area contributed by atoms with Crippen LogP contribution in [0.5, 0.6) is 0 Å². The zero-order valence-corrected chi connectivity index (χ0v) is 11.6. The second kappa shape index (κ2) is 8.53. The second-order valence-electron chi connectivity index (χ2n) is 4.70. The fourth-order valence-electron chi connectivity index (χ4n) is 1.92. The maximum atomic E-state index is 12.1.